The van der Waals surface area contributed by atoms with Crippen LogP contribution in [0.3, 0.4) is 0 Å². The van der Waals surface area contributed by atoms with Crippen LogP contribution in [-0.4, -0.2) is 22.8 Å². The van der Waals surface area contributed by atoms with Crippen LogP contribution in [-0.2, 0) is 9.53 Å². The highest BCUT2D eigenvalue weighted by Crippen LogP contribution is 2.68. The Bertz CT molecular complexity index is 683. The maximum absolute atomic E-state index is 11.9. The molecule has 1 heterocycles. The van der Waals surface area contributed by atoms with Crippen molar-refractivity contribution < 1.29 is 14.6 Å². The summed E-state index contributed by atoms with van der Waals surface area (Å²) < 4.78 is 5.92. The predicted molar refractivity (Wildman–Crippen MR) is 105 cm³/mol. The molecule has 8 atom stereocenters. The van der Waals surface area contributed by atoms with E-state index >= 15 is 0 Å². The summed E-state index contributed by atoms with van der Waals surface area (Å²) in [4.78, 5) is 11.9. The first kappa shape index (κ1) is 18.2. The van der Waals surface area contributed by atoms with Crippen LogP contribution >= 0.6 is 0 Å². The van der Waals surface area contributed by atoms with Gasteiger partial charge in [0.05, 0.1) is 6.10 Å². The van der Waals surface area contributed by atoms with Crippen molar-refractivity contribution in [3.8, 4) is 0 Å². The molecule has 3 saturated carbocycles. The fraction of sp³-hybridized carbons (Fsp3) is 0.875. The largest absolute Gasteiger partial charge is 0.459 e. The Morgan fingerprint density at radius 1 is 1.04 bits per heavy atom. The molecule has 0 bridgehead atoms. The van der Waals surface area contributed by atoms with E-state index in [0.717, 1.165) is 43.4 Å². The number of aliphatic hydroxyl groups is 1. The van der Waals surface area contributed by atoms with E-state index in [1.54, 1.807) is 5.57 Å². The quantitative estimate of drug-likeness (QED) is 0.519. The van der Waals surface area contributed by atoms with E-state index in [1.165, 1.54) is 32.1 Å². The molecule has 4 fully saturated rings. The fourth-order valence-corrected chi connectivity index (χ4v) is 8.60. The average Bonchev–Trinajstić information content (AvgIpc) is 3.15. The fourth-order valence-electron chi connectivity index (χ4n) is 8.60. The van der Waals surface area contributed by atoms with Crippen LogP contribution in [0.15, 0.2) is 11.6 Å². The van der Waals surface area contributed by atoms with Gasteiger partial charge in [0.15, 0.2) is 0 Å². The zero-order valence-electron chi connectivity index (χ0n) is 17.3. The summed E-state index contributed by atoms with van der Waals surface area (Å²) in [6, 6.07) is 0. The number of hydrogen-bond acceptors (Lipinski definition) is 3. The van der Waals surface area contributed by atoms with Crippen LogP contribution in [0.5, 0.6) is 0 Å². The number of allylic oxidation sites excluding steroid dienone is 1. The van der Waals surface area contributed by atoms with Gasteiger partial charge in [0.25, 0.3) is 0 Å². The Balaban J connectivity index is 1.44. The monoisotopic (exact) mass is 372 g/mol. The highest BCUT2D eigenvalue weighted by atomic mass is 16.6. The van der Waals surface area contributed by atoms with Crippen LogP contribution in [0.25, 0.3) is 0 Å². The van der Waals surface area contributed by atoms with Crippen LogP contribution in [0, 0.1) is 34.5 Å². The molecule has 1 N–H and O–H groups in total. The lowest BCUT2D eigenvalue weighted by atomic mass is 9.46. The number of carbonyl (C=O) groups excluding carboxylic acids is 1. The molecule has 0 aromatic rings. The van der Waals surface area contributed by atoms with E-state index in [4.69, 9.17) is 4.74 Å². The number of esters is 1. The molecule has 0 aromatic heterocycles. The van der Waals surface area contributed by atoms with Gasteiger partial charge in [-0.05, 0) is 93.3 Å². The molecule has 0 amide bonds. The molecule has 150 valence electrons. The standard InChI is InChI=1S/C24H36O3/c1-22-11-8-16(25)14-15(22)4-5-17-18-6-7-20(23(18,2)12-9-19(17)22)24(3)13-10-21(26)27-24/h4,16-20,25H,5-14H2,1-3H3/t16?,17?,18?,19?,20?,22-,23-,24+/m0/s1. The minimum atomic E-state index is -0.234. The molecule has 5 aliphatic rings. The van der Waals surface area contributed by atoms with Crippen molar-refractivity contribution in [1.29, 1.82) is 0 Å². The second-order valence-corrected chi connectivity index (χ2v) is 11.1. The van der Waals surface area contributed by atoms with Crippen molar-refractivity contribution in [2.24, 2.45) is 34.5 Å². The number of fused-ring (bicyclic) bond motifs is 5. The van der Waals surface area contributed by atoms with E-state index in [1.807, 2.05) is 0 Å². The molecular formula is C24H36O3. The molecule has 27 heavy (non-hydrogen) atoms. The van der Waals surface area contributed by atoms with Gasteiger partial charge < -0.3 is 9.84 Å². The molecule has 3 nitrogen and oxygen atoms in total. The number of cyclic esters (lactones) is 1. The number of aliphatic hydroxyl groups excluding tert-OH is 1. The molecule has 0 aromatic carbocycles. The van der Waals surface area contributed by atoms with Crippen molar-refractivity contribution in [1.82, 2.24) is 0 Å². The summed E-state index contributed by atoms with van der Waals surface area (Å²) >= 11 is 0. The number of hydrogen-bond donors (Lipinski definition) is 1. The van der Waals surface area contributed by atoms with Crippen LogP contribution in [0.2, 0.25) is 0 Å². The summed E-state index contributed by atoms with van der Waals surface area (Å²) in [6.45, 7) is 7.23. The van der Waals surface area contributed by atoms with Gasteiger partial charge >= 0.3 is 5.97 Å². The number of carbonyl (C=O) groups is 1. The average molecular weight is 373 g/mol. The molecular weight excluding hydrogens is 336 g/mol. The minimum absolute atomic E-state index is 0.0109. The lowest BCUT2D eigenvalue weighted by Gasteiger charge is -2.58. The lowest BCUT2D eigenvalue weighted by Crippen LogP contribution is -2.53. The normalized spacial score (nSPS) is 54.6. The molecule has 4 aliphatic carbocycles. The third kappa shape index (κ3) is 2.46. The third-order valence-electron chi connectivity index (χ3n) is 9.99. The highest BCUT2D eigenvalue weighted by Gasteiger charge is 2.62. The number of rotatable bonds is 1. The smallest absolute Gasteiger partial charge is 0.306 e. The minimum Gasteiger partial charge on any atom is -0.459 e. The van der Waals surface area contributed by atoms with Gasteiger partial charge in [-0.25, -0.2) is 0 Å². The molecule has 0 radical (unpaired) electrons. The SMILES string of the molecule is C[C@]12CCC3C(CC=C4CC(O)CC[C@@]43C)C1CCC2[C@@]1(C)CCC(=O)O1. The number of ether oxygens (including phenoxy) is 1. The van der Waals surface area contributed by atoms with E-state index in [-0.39, 0.29) is 17.7 Å². The van der Waals surface area contributed by atoms with Gasteiger partial charge in [-0.3, -0.25) is 4.79 Å². The van der Waals surface area contributed by atoms with Gasteiger partial charge in [0.1, 0.15) is 5.60 Å². The Kier molecular flexibility index (Phi) is 3.94. The van der Waals surface area contributed by atoms with Gasteiger partial charge in [-0.1, -0.05) is 25.5 Å². The van der Waals surface area contributed by atoms with Crippen molar-refractivity contribution in [2.45, 2.75) is 96.7 Å². The van der Waals surface area contributed by atoms with E-state index < -0.39 is 0 Å². The van der Waals surface area contributed by atoms with Gasteiger partial charge in [-0.2, -0.15) is 0 Å². The van der Waals surface area contributed by atoms with Crippen molar-refractivity contribution in [3.05, 3.63) is 11.6 Å². The molecule has 1 aliphatic heterocycles. The lowest BCUT2D eigenvalue weighted by molar-refractivity contribution is -0.158. The molecule has 0 spiro atoms. The second kappa shape index (κ2) is 5.84. The molecule has 5 unspecified atom stereocenters. The zero-order chi connectivity index (χ0) is 19.0. The first-order chi connectivity index (χ1) is 12.8. The topological polar surface area (TPSA) is 46.5 Å². The first-order valence-corrected chi connectivity index (χ1v) is 11.4. The Morgan fingerprint density at radius 2 is 1.85 bits per heavy atom. The van der Waals surface area contributed by atoms with Crippen molar-refractivity contribution >= 4 is 5.97 Å². The van der Waals surface area contributed by atoms with Gasteiger partial charge in [-0.15, -0.1) is 0 Å². The predicted octanol–water partition coefficient (Wildman–Crippen LogP) is 5.02. The maximum atomic E-state index is 11.9. The Hall–Kier alpha value is -0.830. The van der Waals surface area contributed by atoms with Gasteiger partial charge in [0, 0.05) is 12.3 Å². The Morgan fingerprint density at radius 3 is 2.59 bits per heavy atom. The zero-order valence-corrected chi connectivity index (χ0v) is 17.3. The van der Waals surface area contributed by atoms with E-state index in [9.17, 15) is 9.90 Å². The summed E-state index contributed by atoms with van der Waals surface area (Å²) in [5.41, 5.74) is 1.95. The maximum Gasteiger partial charge on any atom is 0.306 e. The van der Waals surface area contributed by atoms with E-state index in [0.29, 0.717) is 23.2 Å². The first-order valence-electron chi connectivity index (χ1n) is 11.4. The Labute approximate surface area is 163 Å². The summed E-state index contributed by atoms with van der Waals surface area (Å²) in [5, 5.41) is 10.2. The highest BCUT2D eigenvalue weighted by molar-refractivity contribution is 5.72. The molecule has 3 heteroatoms. The molecule has 5 rings (SSSR count). The van der Waals surface area contributed by atoms with Crippen LogP contribution in [0.4, 0.5) is 0 Å². The second-order valence-electron chi connectivity index (χ2n) is 11.1. The van der Waals surface area contributed by atoms with Crippen molar-refractivity contribution in [2.75, 3.05) is 0 Å². The summed E-state index contributed by atoms with van der Waals surface area (Å²) in [5.74, 6) is 2.85. The molecule has 1 saturated heterocycles. The third-order valence-corrected chi connectivity index (χ3v) is 9.99. The van der Waals surface area contributed by atoms with E-state index in [2.05, 4.69) is 26.8 Å². The van der Waals surface area contributed by atoms with Gasteiger partial charge in [0.2, 0.25) is 0 Å². The summed E-state index contributed by atoms with van der Waals surface area (Å²) in [6.07, 6.45) is 13.2. The van der Waals surface area contributed by atoms with Crippen molar-refractivity contribution in [3.63, 3.8) is 0 Å². The van der Waals surface area contributed by atoms with Crippen LogP contribution in [0.1, 0.15) is 85.0 Å². The summed E-state index contributed by atoms with van der Waals surface area (Å²) in [7, 11) is 0. The van der Waals surface area contributed by atoms with Crippen LogP contribution < -0.4 is 0 Å².